The molecule has 5 aromatic rings. The van der Waals surface area contributed by atoms with Crippen molar-refractivity contribution in [2.24, 2.45) is 0 Å². The molecule has 0 bridgehead atoms. The van der Waals surface area contributed by atoms with E-state index in [-0.39, 0.29) is 15.7 Å². The van der Waals surface area contributed by atoms with Crippen molar-refractivity contribution in [3.63, 3.8) is 0 Å². The Morgan fingerprint density at radius 3 is 1.95 bits per heavy atom. The molecule has 10 heteroatoms. The number of carbonyl (C=O) groups is 1. The molecule has 5 rings (SSSR count). The second-order valence-electron chi connectivity index (χ2n) is 8.67. The van der Waals surface area contributed by atoms with Gasteiger partial charge in [0, 0.05) is 34.1 Å². The highest BCUT2D eigenvalue weighted by molar-refractivity contribution is 7.92. The van der Waals surface area contributed by atoms with Crippen LogP contribution in [0.4, 0.5) is 11.4 Å². The van der Waals surface area contributed by atoms with Gasteiger partial charge in [0.15, 0.2) is 9.84 Å². The molecule has 0 aliphatic heterocycles. The van der Waals surface area contributed by atoms with Crippen molar-refractivity contribution in [1.29, 1.82) is 0 Å². The average Bonchev–Trinajstić information content (AvgIpc) is 3.29. The summed E-state index contributed by atoms with van der Waals surface area (Å²) in [6.07, 6.45) is 1.06. The Morgan fingerprint density at radius 2 is 1.29 bits per heavy atom. The van der Waals surface area contributed by atoms with Crippen molar-refractivity contribution in [1.82, 2.24) is 4.98 Å². The molecule has 0 spiro atoms. The topological polar surface area (TPSA) is 125 Å². The van der Waals surface area contributed by atoms with Crippen LogP contribution in [0, 0.1) is 0 Å². The highest BCUT2D eigenvalue weighted by atomic mass is 32.2. The molecule has 0 saturated heterocycles. The van der Waals surface area contributed by atoms with E-state index in [0.29, 0.717) is 22.6 Å². The van der Waals surface area contributed by atoms with Crippen molar-refractivity contribution in [3.05, 3.63) is 109 Å². The van der Waals surface area contributed by atoms with Crippen LogP contribution >= 0.6 is 0 Å². The number of nitrogens with one attached hydrogen (secondary N) is 3. The third-order valence-electron chi connectivity index (χ3n) is 5.95. The largest absolute Gasteiger partial charge is 0.350 e. The van der Waals surface area contributed by atoms with E-state index in [2.05, 4.69) is 15.0 Å². The smallest absolute Gasteiger partial charge is 0.272 e. The molecule has 192 valence electrons. The van der Waals surface area contributed by atoms with Crippen molar-refractivity contribution < 1.29 is 21.6 Å². The number of fused-ring (bicyclic) bond motifs is 1. The van der Waals surface area contributed by atoms with E-state index < -0.39 is 19.9 Å². The van der Waals surface area contributed by atoms with Gasteiger partial charge in [-0.2, -0.15) is 0 Å². The number of H-pyrrole nitrogens is 1. The number of benzene rings is 4. The van der Waals surface area contributed by atoms with Gasteiger partial charge in [0.1, 0.15) is 5.69 Å². The molecular weight excluding hydrogens is 522 g/mol. The Balaban J connectivity index is 1.45. The Morgan fingerprint density at radius 1 is 0.684 bits per heavy atom. The van der Waals surface area contributed by atoms with Crippen molar-refractivity contribution >= 4 is 48.0 Å². The van der Waals surface area contributed by atoms with Gasteiger partial charge in [0.25, 0.3) is 15.9 Å². The van der Waals surface area contributed by atoms with Crippen molar-refractivity contribution in [3.8, 4) is 11.1 Å². The molecule has 0 aliphatic carbocycles. The normalized spacial score (nSPS) is 11.8. The zero-order valence-electron chi connectivity index (χ0n) is 20.2. The number of anilines is 2. The number of amides is 1. The molecule has 0 fully saturated rings. The molecule has 8 nitrogen and oxygen atoms in total. The minimum atomic E-state index is -3.95. The van der Waals surface area contributed by atoms with Gasteiger partial charge in [-0.15, -0.1) is 0 Å². The van der Waals surface area contributed by atoms with Crippen LogP contribution in [-0.4, -0.2) is 34.0 Å². The van der Waals surface area contributed by atoms with Crippen LogP contribution < -0.4 is 10.0 Å². The van der Waals surface area contributed by atoms with E-state index in [1.54, 1.807) is 36.4 Å². The predicted octanol–water partition coefficient (Wildman–Crippen LogP) is 5.29. The number of aromatic nitrogens is 1. The first-order chi connectivity index (χ1) is 18.1. The fourth-order valence-corrected chi connectivity index (χ4v) is 5.80. The van der Waals surface area contributed by atoms with Crippen LogP contribution in [0.3, 0.4) is 0 Å². The standard InChI is InChI=1S/C28H23N3O5S2/c1-37(33,34)22-15-17-23(18-16-22)38(35,36)31-21-13-11-19(12-14-21)26-24-9-5-6-10-25(24)30-27(26)28(32)29-20-7-3-2-4-8-20/h2-18,30-31H,1H3,(H,29,32). The molecule has 4 aromatic carbocycles. The molecule has 1 amide bonds. The molecule has 0 saturated carbocycles. The van der Waals surface area contributed by atoms with Gasteiger partial charge >= 0.3 is 0 Å². The highest BCUT2D eigenvalue weighted by Gasteiger charge is 2.20. The van der Waals surface area contributed by atoms with Gasteiger partial charge in [-0.05, 0) is 60.2 Å². The summed E-state index contributed by atoms with van der Waals surface area (Å²) in [6.45, 7) is 0. The lowest BCUT2D eigenvalue weighted by molar-refractivity contribution is 0.102. The SMILES string of the molecule is CS(=O)(=O)c1ccc(S(=O)(=O)Nc2ccc(-c3c(C(=O)Nc4ccccc4)[nH]c4ccccc34)cc2)cc1. The number of hydrogen-bond acceptors (Lipinski definition) is 5. The minimum absolute atomic E-state index is 0.0339. The predicted molar refractivity (Wildman–Crippen MR) is 148 cm³/mol. The van der Waals surface area contributed by atoms with Gasteiger partial charge in [0.05, 0.1) is 9.79 Å². The Labute approximate surface area is 220 Å². The summed E-state index contributed by atoms with van der Waals surface area (Å²) >= 11 is 0. The molecular formula is C28H23N3O5S2. The number of aromatic amines is 1. The minimum Gasteiger partial charge on any atom is -0.350 e. The first-order valence-corrected chi connectivity index (χ1v) is 14.9. The summed E-state index contributed by atoms with van der Waals surface area (Å²) in [6, 6.07) is 28.4. The number of carbonyl (C=O) groups excluding carboxylic acids is 1. The molecule has 38 heavy (non-hydrogen) atoms. The van der Waals surface area contributed by atoms with E-state index in [9.17, 15) is 21.6 Å². The molecule has 1 heterocycles. The lowest BCUT2D eigenvalue weighted by Gasteiger charge is -2.11. The molecule has 0 unspecified atom stereocenters. The van der Waals surface area contributed by atoms with Gasteiger partial charge in [-0.25, -0.2) is 16.8 Å². The summed E-state index contributed by atoms with van der Waals surface area (Å²) in [4.78, 5) is 16.4. The van der Waals surface area contributed by atoms with E-state index in [4.69, 9.17) is 0 Å². The van der Waals surface area contributed by atoms with E-state index in [1.807, 2.05) is 42.5 Å². The Bertz CT molecular complexity index is 1850. The van der Waals surface area contributed by atoms with Crippen LogP contribution in [0.1, 0.15) is 10.5 Å². The van der Waals surface area contributed by atoms with Gasteiger partial charge in [0.2, 0.25) is 0 Å². The molecule has 1 aromatic heterocycles. The third kappa shape index (κ3) is 5.17. The third-order valence-corrected chi connectivity index (χ3v) is 8.48. The fourth-order valence-electron chi connectivity index (χ4n) is 4.11. The lowest BCUT2D eigenvalue weighted by atomic mass is 10.0. The van der Waals surface area contributed by atoms with Crippen LogP contribution in [-0.2, 0) is 19.9 Å². The summed E-state index contributed by atoms with van der Waals surface area (Å²) in [5.41, 5.74) is 3.57. The Kier molecular flexibility index (Phi) is 6.52. The summed E-state index contributed by atoms with van der Waals surface area (Å²) in [5.74, 6) is -0.301. The lowest BCUT2D eigenvalue weighted by Crippen LogP contribution is -2.13. The van der Waals surface area contributed by atoms with E-state index >= 15 is 0 Å². The number of para-hydroxylation sites is 2. The van der Waals surface area contributed by atoms with Gasteiger partial charge < -0.3 is 10.3 Å². The van der Waals surface area contributed by atoms with Crippen LogP contribution in [0.25, 0.3) is 22.0 Å². The monoisotopic (exact) mass is 545 g/mol. The van der Waals surface area contributed by atoms with Crippen molar-refractivity contribution in [2.45, 2.75) is 9.79 Å². The maximum Gasteiger partial charge on any atom is 0.272 e. The summed E-state index contributed by atoms with van der Waals surface area (Å²) in [5, 5.41) is 3.76. The maximum absolute atomic E-state index is 13.2. The van der Waals surface area contributed by atoms with Crippen LogP contribution in [0.5, 0.6) is 0 Å². The van der Waals surface area contributed by atoms with Crippen LogP contribution in [0.15, 0.2) is 113 Å². The number of rotatable bonds is 7. The quantitative estimate of drug-likeness (QED) is 0.256. The fraction of sp³-hybridized carbons (Fsp3) is 0.0357. The zero-order chi connectivity index (χ0) is 26.9. The number of sulfonamides is 1. The zero-order valence-corrected chi connectivity index (χ0v) is 21.8. The van der Waals surface area contributed by atoms with Gasteiger partial charge in [-0.1, -0.05) is 48.5 Å². The molecule has 0 radical (unpaired) electrons. The second-order valence-corrected chi connectivity index (χ2v) is 12.4. The Hall–Kier alpha value is -4.41. The van der Waals surface area contributed by atoms with E-state index in [1.165, 1.54) is 24.3 Å². The number of hydrogen-bond donors (Lipinski definition) is 3. The van der Waals surface area contributed by atoms with Gasteiger partial charge in [-0.3, -0.25) is 9.52 Å². The highest BCUT2D eigenvalue weighted by Crippen LogP contribution is 2.34. The number of sulfone groups is 1. The summed E-state index contributed by atoms with van der Waals surface area (Å²) < 4.78 is 51.5. The molecule has 0 aliphatic rings. The van der Waals surface area contributed by atoms with Crippen molar-refractivity contribution in [2.75, 3.05) is 16.3 Å². The first-order valence-electron chi connectivity index (χ1n) is 11.5. The molecule has 0 atom stereocenters. The second kappa shape index (κ2) is 9.81. The van der Waals surface area contributed by atoms with Crippen LogP contribution in [0.2, 0.25) is 0 Å². The van der Waals surface area contributed by atoms with E-state index in [0.717, 1.165) is 22.7 Å². The molecule has 3 N–H and O–H groups in total. The summed E-state index contributed by atoms with van der Waals surface area (Å²) in [7, 11) is -7.39. The maximum atomic E-state index is 13.2. The average molecular weight is 546 g/mol. The first kappa shape index (κ1) is 25.2.